The molecule has 2 rings (SSSR count). The smallest absolute Gasteiger partial charge is 0.239 e. The summed E-state index contributed by atoms with van der Waals surface area (Å²) in [6.45, 7) is 6.42. The van der Waals surface area contributed by atoms with Crippen molar-refractivity contribution in [1.29, 1.82) is 0 Å². The van der Waals surface area contributed by atoms with Crippen LogP contribution >= 0.6 is 11.3 Å². The van der Waals surface area contributed by atoms with Crippen LogP contribution < -0.4 is 11.1 Å². The SMILES string of the molecule is CCc1sc(NC(=O)CN)nc1-c1ccc(C(C)C)cc1. The van der Waals surface area contributed by atoms with Crippen LogP contribution in [0.5, 0.6) is 0 Å². The molecule has 0 aliphatic carbocycles. The fraction of sp³-hybridized carbons (Fsp3) is 0.375. The number of nitrogens with one attached hydrogen (secondary N) is 1. The number of hydrogen-bond donors (Lipinski definition) is 2. The van der Waals surface area contributed by atoms with E-state index >= 15 is 0 Å². The number of thiazole rings is 1. The number of amides is 1. The van der Waals surface area contributed by atoms with Gasteiger partial charge in [0.1, 0.15) is 0 Å². The van der Waals surface area contributed by atoms with Gasteiger partial charge in [-0.3, -0.25) is 4.79 Å². The van der Waals surface area contributed by atoms with Crippen molar-refractivity contribution < 1.29 is 4.79 Å². The highest BCUT2D eigenvalue weighted by Gasteiger charge is 2.13. The first kappa shape index (κ1) is 15.7. The lowest BCUT2D eigenvalue weighted by molar-refractivity contribution is -0.114. The predicted molar refractivity (Wildman–Crippen MR) is 88.7 cm³/mol. The van der Waals surface area contributed by atoms with Gasteiger partial charge in [0.15, 0.2) is 5.13 Å². The molecule has 3 N–H and O–H groups in total. The number of hydrogen-bond acceptors (Lipinski definition) is 4. The molecular weight excluding hydrogens is 282 g/mol. The number of carbonyl (C=O) groups excluding carboxylic acids is 1. The van der Waals surface area contributed by atoms with Crippen LogP contribution in [0.1, 0.15) is 37.1 Å². The van der Waals surface area contributed by atoms with E-state index in [1.807, 2.05) is 0 Å². The van der Waals surface area contributed by atoms with Crippen LogP contribution in [0.3, 0.4) is 0 Å². The van der Waals surface area contributed by atoms with Crippen molar-refractivity contribution in [3.8, 4) is 11.3 Å². The van der Waals surface area contributed by atoms with E-state index in [0.29, 0.717) is 11.0 Å². The van der Waals surface area contributed by atoms with Gasteiger partial charge in [0.2, 0.25) is 5.91 Å². The van der Waals surface area contributed by atoms with Crippen molar-refractivity contribution in [2.75, 3.05) is 11.9 Å². The standard InChI is InChI=1S/C16H21N3OS/c1-4-13-15(19-16(21-13)18-14(20)9-17)12-7-5-11(6-8-12)10(2)3/h5-8,10H,4,9,17H2,1-3H3,(H,18,19,20). The monoisotopic (exact) mass is 303 g/mol. The molecule has 0 unspecified atom stereocenters. The molecule has 0 aliphatic heterocycles. The number of rotatable bonds is 5. The third-order valence-electron chi connectivity index (χ3n) is 3.30. The van der Waals surface area contributed by atoms with Gasteiger partial charge in [-0.2, -0.15) is 0 Å². The van der Waals surface area contributed by atoms with Crippen LogP contribution in [-0.4, -0.2) is 17.4 Å². The van der Waals surface area contributed by atoms with Gasteiger partial charge in [0.05, 0.1) is 12.2 Å². The molecule has 1 aromatic heterocycles. The molecule has 0 saturated carbocycles. The maximum Gasteiger partial charge on any atom is 0.239 e. The van der Waals surface area contributed by atoms with Crippen LogP contribution in [0.25, 0.3) is 11.3 Å². The highest BCUT2D eigenvalue weighted by Crippen LogP contribution is 2.32. The Morgan fingerprint density at radius 3 is 2.52 bits per heavy atom. The lowest BCUT2D eigenvalue weighted by Crippen LogP contribution is -2.21. The quantitative estimate of drug-likeness (QED) is 0.889. The Hall–Kier alpha value is -1.72. The zero-order valence-electron chi connectivity index (χ0n) is 12.6. The second-order valence-corrected chi connectivity index (χ2v) is 6.26. The summed E-state index contributed by atoms with van der Waals surface area (Å²) in [5.74, 6) is 0.299. The summed E-state index contributed by atoms with van der Waals surface area (Å²) in [5.41, 5.74) is 8.66. The van der Waals surface area contributed by atoms with Gasteiger partial charge in [-0.15, -0.1) is 11.3 Å². The van der Waals surface area contributed by atoms with Crippen LogP contribution in [0.2, 0.25) is 0 Å². The largest absolute Gasteiger partial charge is 0.322 e. The number of nitrogens with two attached hydrogens (primary N) is 1. The van der Waals surface area contributed by atoms with E-state index < -0.39 is 0 Å². The van der Waals surface area contributed by atoms with Gasteiger partial charge in [0, 0.05) is 10.4 Å². The lowest BCUT2D eigenvalue weighted by Gasteiger charge is -2.06. The van der Waals surface area contributed by atoms with Gasteiger partial charge in [-0.1, -0.05) is 45.0 Å². The second-order valence-electron chi connectivity index (χ2n) is 5.17. The van der Waals surface area contributed by atoms with Gasteiger partial charge in [-0.05, 0) is 17.9 Å². The van der Waals surface area contributed by atoms with Crippen LogP contribution in [0.4, 0.5) is 5.13 Å². The fourth-order valence-corrected chi connectivity index (χ4v) is 3.01. The van der Waals surface area contributed by atoms with Crippen molar-refractivity contribution in [2.24, 2.45) is 5.73 Å². The first-order valence-corrected chi connectivity index (χ1v) is 7.96. The predicted octanol–water partition coefficient (Wildman–Crippen LogP) is 3.39. The molecule has 5 heteroatoms. The lowest BCUT2D eigenvalue weighted by atomic mass is 10.0. The minimum Gasteiger partial charge on any atom is -0.322 e. The molecule has 21 heavy (non-hydrogen) atoms. The van der Waals surface area contributed by atoms with Crippen molar-refractivity contribution >= 4 is 22.4 Å². The van der Waals surface area contributed by atoms with E-state index in [1.54, 1.807) is 0 Å². The Morgan fingerprint density at radius 1 is 1.33 bits per heavy atom. The Morgan fingerprint density at radius 2 is 2.00 bits per heavy atom. The summed E-state index contributed by atoms with van der Waals surface area (Å²) in [4.78, 5) is 17.1. The van der Waals surface area contributed by atoms with Crippen LogP contribution in [-0.2, 0) is 11.2 Å². The number of nitrogens with zero attached hydrogens (tertiary/aromatic N) is 1. The Labute approximate surface area is 129 Å². The summed E-state index contributed by atoms with van der Waals surface area (Å²) < 4.78 is 0. The summed E-state index contributed by atoms with van der Waals surface area (Å²) in [7, 11) is 0. The molecule has 0 atom stereocenters. The molecule has 1 amide bonds. The minimum absolute atomic E-state index is 0.0283. The van der Waals surface area contributed by atoms with Crippen molar-refractivity contribution in [3.63, 3.8) is 0 Å². The molecule has 0 bridgehead atoms. The molecular formula is C16H21N3OS. The summed E-state index contributed by atoms with van der Waals surface area (Å²) >= 11 is 1.51. The number of benzene rings is 1. The third-order valence-corrected chi connectivity index (χ3v) is 4.42. The van der Waals surface area contributed by atoms with Crippen LogP contribution in [0, 0.1) is 0 Å². The zero-order chi connectivity index (χ0) is 15.4. The van der Waals surface area contributed by atoms with Crippen molar-refractivity contribution in [3.05, 3.63) is 34.7 Å². The van der Waals surface area contributed by atoms with E-state index in [0.717, 1.165) is 17.7 Å². The number of aryl methyl sites for hydroxylation is 1. The van der Waals surface area contributed by atoms with Crippen molar-refractivity contribution in [1.82, 2.24) is 4.98 Å². The van der Waals surface area contributed by atoms with E-state index in [4.69, 9.17) is 5.73 Å². The molecule has 1 heterocycles. The Bertz CT molecular complexity index is 617. The van der Waals surface area contributed by atoms with E-state index in [-0.39, 0.29) is 12.5 Å². The maximum absolute atomic E-state index is 11.4. The van der Waals surface area contributed by atoms with Crippen molar-refractivity contribution in [2.45, 2.75) is 33.1 Å². The van der Waals surface area contributed by atoms with Gasteiger partial charge in [0.25, 0.3) is 0 Å². The van der Waals surface area contributed by atoms with Crippen LogP contribution in [0.15, 0.2) is 24.3 Å². The molecule has 0 spiro atoms. The molecule has 2 aromatic rings. The fourth-order valence-electron chi connectivity index (χ4n) is 2.07. The van der Waals surface area contributed by atoms with Gasteiger partial charge >= 0.3 is 0 Å². The first-order chi connectivity index (χ1) is 10.0. The molecule has 0 aliphatic rings. The Balaban J connectivity index is 2.31. The highest BCUT2D eigenvalue weighted by molar-refractivity contribution is 7.16. The summed E-state index contributed by atoms with van der Waals surface area (Å²) in [5, 5.41) is 3.35. The minimum atomic E-state index is -0.215. The summed E-state index contributed by atoms with van der Waals surface area (Å²) in [6, 6.07) is 8.46. The molecule has 0 fully saturated rings. The number of aromatic nitrogens is 1. The number of anilines is 1. The van der Waals surface area contributed by atoms with E-state index in [9.17, 15) is 4.79 Å². The third kappa shape index (κ3) is 3.68. The average Bonchev–Trinajstić information content (AvgIpc) is 2.90. The maximum atomic E-state index is 11.4. The van der Waals surface area contributed by atoms with E-state index in [2.05, 4.69) is 55.3 Å². The molecule has 0 radical (unpaired) electrons. The first-order valence-electron chi connectivity index (χ1n) is 7.15. The van der Waals surface area contributed by atoms with Gasteiger partial charge < -0.3 is 11.1 Å². The molecule has 4 nitrogen and oxygen atoms in total. The molecule has 1 aromatic carbocycles. The molecule has 112 valence electrons. The normalized spacial score (nSPS) is 10.9. The zero-order valence-corrected chi connectivity index (χ0v) is 13.5. The highest BCUT2D eigenvalue weighted by atomic mass is 32.1. The average molecular weight is 303 g/mol. The Kier molecular flexibility index (Phi) is 5.09. The number of carbonyl (C=O) groups is 1. The molecule has 0 saturated heterocycles. The topological polar surface area (TPSA) is 68.0 Å². The van der Waals surface area contributed by atoms with Gasteiger partial charge in [-0.25, -0.2) is 4.98 Å². The second kappa shape index (κ2) is 6.83. The van der Waals surface area contributed by atoms with E-state index in [1.165, 1.54) is 21.8 Å². The summed E-state index contributed by atoms with van der Waals surface area (Å²) in [6.07, 6.45) is 0.886.